The Hall–Kier alpha value is -2.73. The maximum atomic E-state index is 12.0. The van der Waals surface area contributed by atoms with E-state index in [2.05, 4.69) is 15.3 Å². The summed E-state index contributed by atoms with van der Waals surface area (Å²) in [6, 6.07) is 16.3. The highest BCUT2D eigenvalue weighted by molar-refractivity contribution is 8.00. The van der Waals surface area contributed by atoms with Gasteiger partial charge in [-0.3, -0.25) is 14.9 Å². The van der Waals surface area contributed by atoms with Crippen molar-refractivity contribution >= 4 is 34.5 Å². The van der Waals surface area contributed by atoms with Crippen LogP contribution < -0.4 is 5.32 Å². The van der Waals surface area contributed by atoms with E-state index in [-0.39, 0.29) is 11.7 Å². The van der Waals surface area contributed by atoms with Gasteiger partial charge in [0.1, 0.15) is 10.9 Å². The van der Waals surface area contributed by atoms with Crippen LogP contribution in [0.2, 0.25) is 0 Å². The molecule has 0 radical (unpaired) electrons. The third kappa shape index (κ3) is 3.78. The number of fused-ring (bicyclic) bond motifs is 1. The Morgan fingerprint density at radius 2 is 1.71 bits per heavy atom. The van der Waals surface area contributed by atoms with E-state index in [1.165, 1.54) is 11.8 Å². The first-order valence-electron chi connectivity index (χ1n) is 7.39. The number of nitrogens with one attached hydrogen (secondary N) is 1. The molecule has 0 atom stereocenters. The van der Waals surface area contributed by atoms with Crippen molar-refractivity contribution in [3.05, 3.63) is 66.0 Å². The fraction of sp³-hybridized carbons (Fsp3) is 0.111. The van der Waals surface area contributed by atoms with Gasteiger partial charge in [0.05, 0.1) is 11.3 Å². The van der Waals surface area contributed by atoms with Crippen molar-refractivity contribution in [3.63, 3.8) is 0 Å². The number of carbonyl (C=O) groups is 2. The molecule has 0 spiro atoms. The Labute approximate surface area is 143 Å². The number of amides is 2. The second kappa shape index (κ2) is 7.23. The molecule has 24 heavy (non-hydrogen) atoms. The van der Waals surface area contributed by atoms with Crippen LogP contribution in [0.15, 0.2) is 59.6 Å². The summed E-state index contributed by atoms with van der Waals surface area (Å²) in [4.78, 5) is 32.8. The van der Waals surface area contributed by atoms with Crippen molar-refractivity contribution in [2.24, 2.45) is 0 Å². The highest BCUT2D eigenvalue weighted by atomic mass is 32.2. The lowest BCUT2D eigenvalue weighted by Gasteiger charge is -2.07. The van der Waals surface area contributed by atoms with Crippen LogP contribution >= 0.6 is 11.8 Å². The van der Waals surface area contributed by atoms with E-state index in [0.29, 0.717) is 11.4 Å². The topological polar surface area (TPSA) is 72.0 Å². The summed E-state index contributed by atoms with van der Waals surface area (Å²) in [5.41, 5.74) is 1.30. The van der Waals surface area contributed by atoms with E-state index < -0.39 is 5.91 Å². The summed E-state index contributed by atoms with van der Waals surface area (Å²) in [6.07, 6.45) is 0. The van der Waals surface area contributed by atoms with Gasteiger partial charge in [0.15, 0.2) is 0 Å². The number of rotatable bonds is 4. The van der Waals surface area contributed by atoms with Crippen LogP contribution in [0.25, 0.3) is 10.9 Å². The number of nitrogens with zero attached hydrogens (tertiary/aromatic N) is 2. The molecular weight excluding hydrogens is 322 g/mol. The van der Waals surface area contributed by atoms with Crippen molar-refractivity contribution in [2.75, 3.05) is 5.75 Å². The van der Waals surface area contributed by atoms with Crippen LogP contribution in [0.1, 0.15) is 16.2 Å². The smallest absolute Gasteiger partial charge is 0.257 e. The third-order valence-electron chi connectivity index (χ3n) is 3.31. The molecule has 0 fully saturated rings. The van der Waals surface area contributed by atoms with Crippen LogP contribution in [0, 0.1) is 6.92 Å². The highest BCUT2D eigenvalue weighted by Crippen LogP contribution is 2.24. The van der Waals surface area contributed by atoms with Gasteiger partial charge in [0.25, 0.3) is 5.91 Å². The van der Waals surface area contributed by atoms with Crippen molar-refractivity contribution in [1.29, 1.82) is 0 Å². The highest BCUT2D eigenvalue weighted by Gasteiger charge is 2.12. The minimum absolute atomic E-state index is 0.110. The van der Waals surface area contributed by atoms with E-state index in [0.717, 1.165) is 15.9 Å². The molecule has 3 rings (SSSR count). The Bertz CT molecular complexity index is 897. The summed E-state index contributed by atoms with van der Waals surface area (Å²) in [5.74, 6) is 0.00930. The predicted molar refractivity (Wildman–Crippen MR) is 93.9 cm³/mol. The van der Waals surface area contributed by atoms with Crippen LogP contribution in [0.5, 0.6) is 0 Å². The molecule has 1 aromatic heterocycles. The Morgan fingerprint density at radius 1 is 1.00 bits per heavy atom. The number of imide groups is 1. The fourth-order valence-corrected chi connectivity index (χ4v) is 3.09. The number of aryl methyl sites for hydroxylation is 1. The number of benzene rings is 2. The van der Waals surface area contributed by atoms with Crippen molar-refractivity contribution < 1.29 is 9.59 Å². The Kier molecular flexibility index (Phi) is 4.86. The van der Waals surface area contributed by atoms with E-state index >= 15 is 0 Å². The zero-order valence-corrected chi connectivity index (χ0v) is 13.8. The quantitative estimate of drug-likeness (QED) is 0.585. The molecule has 0 unspecified atom stereocenters. The lowest BCUT2D eigenvalue weighted by molar-refractivity contribution is -0.117. The zero-order chi connectivity index (χ0) is 16.9. The molecule has 0 aliphatic rings. The molecule has 1 heterocycles. The number of carbonyl (C=O) groups excluding carboxylic acids is 2. The van der Waals surface area contributed by atoms with Gasteiger partial charge in [0, 0.05) is 10.9 Å². The first-order chi connectivity index (χ1) is 11.6. The van der Waals surface area contributed by atoms with Crippen LogP contribution in [0.4, 0.5) is 0 Å². The molecule has 5 nitrogen and oxygen atoms in total. The van der Waals surface area contributed by atoms with E-state index in [1.807, 2.05) is 37.3 Å². The second-order valence-electron chi connectivity index (χ2n) is 5.13. The standard InChI is InChI=1S/C18H15N3O2S/c1-12-19-15-10-6-5-9-14(15)18(20-12)24-11-16(22)21-17(23)13-7-3-2-4-8-13/h2-10H,11H2,1H3,(H,21,22,23). The number of hydrogen-bond donors (Lipinski definition) is 1. The number of thioether (sulfide) groups is 1. The van der Waals surface area contributed by atoms with Crippen molar-refractivity contribution in [3.8, 4) is 0 Å². The summed E-state index contributed by atoms with van der Waals surface area (Å²) in [6.45, 7) is 1.81. The number of aromatic nitrogens is 2. The number of para-hydroxylation sites is 1. The van der Waals surface area contributed by atoms with E-state index in [9.17, 15) is 9.59 Å². The Balaban J connectivity index is 1.68. The molecule has 6 heteroatoms. The van der Waals surface area contributed by atoms with Gasteiger partial charge in [-0.15, -0.1) is 0 Å². The molecule has 1 N–H and O–H groups in total. The Morgan fingerprint density at radius 3 is 2.50 bits per heavy atom. The average Bonchev–Trinajstić information content (AvgIpc) is 2.60. The van der Waals surface area contributed by atoms with E-state index in [1.54, 1.807) is 24.3 Å². The summed E-state index contributed by atoms with van der Waals surface area (Å²) >= 11 is 1.29. The van der Waals surface area contributed by atoms with Crippen molar-refractivity contribution in [1.82, 2.24) is 15.3 Å². The summed E-state index contributed by atoms with van der Waals surface area (Å²) in [5, 5.41) is 4.02. The lowest BCUT2D eigenvalue weighted by atomic mass is 10.2. The van der Waals surface area contributed by atoms with Gasteiger partial charge in [-0.1, -0.05) is 48.2 Å². The van der Waals surface area contributed by atoms with Gasteiger partial charge >= 0.3 is 0 Å². The minimum atomic E-state index is -0.398. The van der Waals surface area contributed by atoms with Crippen LogP contribution in [0.3, 0.4) is 0 Å². The molecule has 0 bridgehead atoms. The maximum absolute atomic E-state index is 12.0. The van der Waals surface area contributed by atoms with Gasteiger partial charge in [-0.2, -0.15) is 0 Å². The van der Waals surface area contributed by atoms with E-state index in [4.69, 9.17) is 0 Å². The van der Waals surface area contributed by atoms with Gasteiger partial charge < -0.3 is 0 Å². The first kappa shape index (κ1) is 16.1. The molecule has 2 amide bonds. The van der Waals surface area contributed by atoms with Gasteiger partial charge in [0.2, 0.25) is 5.91 Å². The predicted octanol–water partition coefficient (Wildman–Crippen LogP) is 2.99. The average molecular weight is 337 g/mol. The molecule has 0 saturated heterocycles. The zero-order valence-electron chi connectivity index (χ0n) is 13.0. The number of hydrogen-bond acceptors (Lipinski definition) is 5. The molecular formula is C18H15N3O2S. The lowest BCUT2D eigenvalue weighted by Crippen LogP contribution is -2.31. The monoisotopic (exact) mass is 337 g/mol. The molecule has 3 aromatic rings. The van der Waals surface area contributed by atoms with Crippen LogP contribution in [-0.2, 0) is 4.79 Å². The first-order valence-corrected chi connectivity index (χ1v) is 8.37. The second-order valence-corrected chi connectivity index (χ2v) is 6.09. The SMILES string of the molecule is Cc1nc(SCC(=O)NC(=O)c2ccccc2)c2ccccc2n1. The largest absolute Gasteiger partial charge is 0.292 e. The molecule has 120 valence electrons. The maximum Gasteiger partial charge on any atom is 0.257 e. The van der Waals surface area contributed by atoms with Gasteiger partial charge in [-0.25, -0.2) is 9.97 Å². The van der Waals surface area contributed by atoms with Gasteiger partial charge in [-0.05, 0) is 25.1 Å². The molecule has 0 aliphatic carbocycles. The fourth-order valence-electron chi connectivity index (χ4n) is 2.23. The molecule has 0 saturated carbocycles. The van der Waals surface area contributed by atoms with Crippen molar-refractivity contribution in [2.45, 2.75) is 11.9 Å². The third-order valence-corrected chi connectivity index (χ3v) is 4.30. The summed E-state index contributed by atoms with van der Waals surface area (Å²) in [7, 11) is 0. The molecule has 0 aliphatic heterocycles. The van der Waals surface area contributed by atoms with Crippen LogP contribution in [-0.4, -0.2) is 27.5 Å². The molecule has 2 aromatic carbocycles. The normalized spacial score (nSPS) is 10.5. The minimum Gasteiger partial charge on any atom is -0.292 e. The summed E-state index contributed by atoms with van der Waals surface area (Å²) < 4.78 is 0.